The number of nitrogens with zero attached hydrogens (tertiary/aromatic N) is 6. The molecule has 17 heteroatoms. The molecule has 14 nitrogen and oxygen atoms in total. The Morgan fingerprint density at radius 3 is 1.55 bits per heavy atom. The zero-order valence-electron chi connectivity index (χ0n) is 36.5. The van der Waals surface area contributed by atoms with Gasteiger partial charge in [-0.05, 0) is 129 Å². The Hall–Kier alpha value is -4.20. The van der Waals surface area contributed by atoms with Crippen molar-refractivity contribution in [1.82, 2.24) is 30.2 Å². The number of fused-ring (bicyclic) bond motifs is 2. The largest absolute Gasteiger partial charge is 1.00 e. The number of benzene rings is 4. The summed E-state index contributed by atoms with van der Waals surface area (Å²) < 4.78 is 32.4. The van der Waals surface area contributed by atoms with Crippen molar-refractivity contribution in [2.75, 3.05) is 62.2 Å². The van der Waals surface area contributed by atoms with Gasteiger partial charge in [-0.3, -0.25) is 14.4 Å². The Kier molecular flexibility index (Phi) is 17.3. The summed E-state index contributed by atoms with van der Waals surface area (Å²) in [5, 5.41) is 17.3. The maximum atomic E-state index is 12.3. The first-order chi connectivity index (χ1) is 29.0. The van der Waals surface area contributed by atoms with Crippen LogP contribution in [0.3, 0.4) is 0 Å². The quantitative estimate of drug-likeness (QED) is 0.131. The maximum Gasteiger partial charge on any atom is 1.00 e. The summed E-state index contributed by atoms with van der Waals surface area (Å²) in [5.74, 6) is 0. The van der Waals surface area contributed by atoms with Crippen LogP contribution in [0.25, 0.3) is 21.8 Å². The van der Waals surface area contributed by atoms with Gasteiger partial charge in [-0.15, -0.1) is 0 Å². The van der Waals surface area contributed by atoms with E-state index in [4.69, 9.17) is 9.47 Å². The third kappa shape index (κ3) is 13.9. The Morgan fingerprint density at radius 1 is 0.661 bits per heavy atom. The number of ether oxygens (including phenoxy) is 2. The molecule has 0 spiro atoms. The van der Waals surface area contributed by atoms with E-state index in [2.05, 4.69) is 113 Å². The number of nitrogens with one attached hydrogen (secondary N) is 2. The van der Waals surface area contributed by atoms with Gasteiger partial charge in [0.25, 0.3) is 0 Å². The van der Waals surface area contributed by atoms with E-state index in [1.165, 1.54) is 5.56 Å². The molecule has 0 bridgehead atoms. The first-order valence-electron chi connectivity index (χ1n) is 20.3. The molecule has 8 rings (SSSR count). The van der Waals surface area contributed by atoms with Gasteiger partial charge in [-0.25, -0.2) is 9.59 Å². The minimum atomic E-state index is -2.08. The number of aromatic nitrogens is 4. The van der Waals surface area contributed by atoms with Crippen LogP contribution in [0.1, 0.15) is 52.8 Å². The standard InChI is InChI=1S/C23H28N4O2.C16H21IN4O2.C6H6O2S.Na/c1-23(2,3)29-22(28)27-13-11-26(12-14-27)18-9-10-19-20(24-25-21(19)16-18)15-17-7-5-4-6-8-17;1-16(2,3)23-15(22)21-8-6-20(7-9-21)11-4-5-12-13(10-11)18-19-14(12)17;7-9(8)6-4-2-1-3-5-6;/h4-10,16H,11-15H2,1-3H3,(H,24,25);4-5,10H,6-9H2,1-3H3,(H,18,19);1-5H,(H,7,8);/q;;;+1/p-1. The monoisotopic (exact) mass is 984 g/mol. The molecule has 2 N–H and O–H groups in total. The molecule has 62 heavy (non-hydrogen) atoms. The maximum absolute atomic E-state index is 12.3. The van der Waals surface area contributed by atoms with E-state index >= 15 is 0 Å². The van der Waals surface area contributed by atoms with Gasteiger partial charge in [-0.1, -0.05) is 48.5 Å². The average Bonchev–Trinajstić information content (AvgIpc) is 3.82. The van der Waals surface area contributed by atoms with Crippen molar-refractivity contribution in [3.05, 3.63) is 112 Å². The number of carbonyl (C=O) groups excluding carboxylic acids is 2. The summed E-state index contributed by atoms with van der Waals surface area (Å²) in [5.41, 5.74) is 5.72. The predicted molar refractivity (Wildman–Crippen MR) is 248 cm³/mol. The summed E-state index contributed by atoms with van der Waals surface area (Å²) in [6.45, 7) is 17.2. The molecule has 0 aliphatic carbocycles. The molecule has 1 atom stereocenters. The second-order valence-electron chi connectivity index (χ2n) is 16.8. The summed E-state index contributed by atoms with van der Waals surface area (Å²) in [7, 11) is 0. The molecule has 0 radical (unpaired) electrons. The van der Waals surface area contributed by atoms with Crippen LogP contribution in [0.15, 0.2) is 102 Å². The molecule has 2 saturated heterocycles. The molecule has 2 aliphatic heterocycles. The average molecular weight is 985 g/mol. The molecule has 1 unspecified atom stereocenters. The number of carbonyl (C=O) groups is 2. The Balaban J connectivity index is 0.000000196. The van der Waals surface area contributed by atoms with Crippen molar-refractivity contribution in [2.45, 2.75) is 64.1 Å². The van der Waals surface area contributed by atoms with Crippen molar-refractivity contribution < 1.29 is 57.4 Å². The molecule has 4 aromatic carbocycles. The molecule has 6 aromatic rings. The summed E-state index contributed by atoms with van der Waals surface area (Å²) in [6.07, 6.45) is 0.380. The normalized spacial score (nSPS) is 14.8. The molecular formula is C45H54IN8NaO6S. The number of aromatic amines is 2. The zero-order valence-corrected chi connectivity index (χ0v) is 41.5. The van der Waals surface area contributed by atoms with Crippen molar-refractivity contribution in [3.8, 4) is 0 Å². The van der Waals surface area contributed by atoms with Crippen LogP contribution in [0.2, 0.25) is 0 Å². The van der Waals surface area contributed by atoms with E-state index in [1.54, 1.807) is 40.1 Å². The number of piperazine rings is 2. The molecule has 2 amide bonds. The molecule has 2 aliphatic rings. The van der Waals surface area contributed by atoms with Gasteiger partial charge in [0.05, 0.1) is 11.0 Å². The number of amides is 2. The molecular weight excluding hydrogens is 931 g/mol. The van der Waals surface area contributed by atoms with Gasteiger partial charge in [0.2, 0.25) is 0 Å². The Bertz CT molecular complexity index is 2410. The van der Waals surface area contributed by atoms with Gasteiger partial charge in [-0.2, -0.15) is 10.2 Å². The van der Waals surface area contributed by atoms with Crippen molar-refractivity contribution in [3.63, 3.8) is 0 Å². The Labute approximate surface area is 401 Å². The van der Waals surface area contributed by atoms with Crippen molar-refractivity contribution in [2.24, 2.45) is 0 Å². The van der Waals surface area contributed by atoms with E-state index in [0.717, 1.165) is 75.2 Å². The minimum Gasteiger partial charge on any atom is -0.768 e. The second-order valence-corrected chi connectivity index (χ2v) is 18.8. The van der Waals surface area contributed by atoms with Crippen LogP contribution in [0.4, 0.5) is 21.0 Å². The van der Waals surface area contributed by atoms with Gasteiger partial charge < -0.3 is 33.6 Å². The van der Waals surface area contributed by atoms with Crippen LogP contribution in [-0.4, -0.2) is 115 Å². The SMILES string of the molecule is CC(C)(C)OC(=O)N1CCN(c2ccc3c(Cc4ccccc4)[nH]nc3c2)CC1.CC(C)(C)OC(=O)N1CCN(c2ccc3c(I)[nH]nc3c2)CC1.O=S([O-])c1ccccc1.[Na+]. The predicted octanol–water partition coefficient (Wildman–Crippen LogP) is 5.36. The second kappa shape index (κ2) is 21.9. The van der Waals surface area contributed by atoms with Gasteiger partial charge >= 0.3 is 41.7 Å². The third-order valence-electron chi connectivity index (χ3n) is 9.86. The van der Waals surface area contributed by atoms with Gasteiger partial charge in [0.15, 0.2) is 0 Å². The molecule has 2 aromatic heterocycles. The summed E-state index contributed by atoms with van der Waals surface area (Å²) in [4.78, 5) is 32.8. The topological polar surface area (TPSA) is 163 Å². The van der Waals surface area contributed by atoms with Crippen LogP contribution in [0, 0.1) is 3.70 Å². The van der Waals surface area contributed by atoms with E-state index in [1.807, 2.05) is 47.6 Å². The van der Waals surface area contributed by atoms with E-state index in [-0.39, 0.29) is 41.7 Å². The summed E-state index contributed by atoms with van der Waals surface area (Å²) >= 11 is 0.171. The molecule has 2 fully saturated rings. The number of halogens is 1. The summed E-state index contributed by atoms with van der Waals surface area (Å²) in [6, 6.07) is 31.4. The molecule has 324 valence electrons. The first kappa shape index (κ1) is 48.8. The zero-order chi connectivity index (χ0) is 43.7. The van der Waals surface area contributed by atoms with E-state index in [0.29, 0.717) is 31.1 Å². The van der Waals surface area contributed by atoms with Crippen LogP contribution in [-0.2, 0) is 27.0 Å². The fourth-order valence-electron chi connectivity index (χ4n) is 6.83. The number of hydrogen-bond acceptors (Lipinski definition) is 10. The van der Waals surface area contributed by atoms with E-state index in [9.17, 15) is 18.4 Å². The third-order valence-corrected chi connectivity index (χ3v) is 11.3. The molecule has 4 heterocycles. The van der Waals surface area contributed by atoms with E-state index < -0.39 is 22.3 Å². The van der Waals surface area contributed by atoms with Crippen molar-refractivity contribution >= 4 is 79.0 Å². The first-order valence-corrected chi connectivity index (χ1v) is 22.4. The van der Waals surface area contributed by atoms with Crippen LogP contribution >= 0.6 is 22.6 Å². The number of H-pyrrole nitrogens is 2. The Morgan fingerprint density at radius 2 is 1.10 bits per heavy atom. The minimum absolute atomic E-state index is 0. The number of hydrogen-bond donors (Lipinski definition) is 2. The van der Waals surface area contributed by atoms with Crippen molar-refractivity contribution in [1.29, 1.82) is 0 Å². The number of anilines is 2. The van der Waals surface area contributed by atoms with Crippen LogP contribution < -0.4 is 39.4 Å². The van der Waals surface area contributed by atoms with Crippen LogP contribution in [0.5, 0.6) is 0 Å². The fraction of sp³-hybridized carbons (Fsp3) is 0.378. The van der Waals surface area contributed by atoms with Gasteiger partial charge in [0.1, 0.15) is 14.9 Å². The fourth-order valence-corrected chi connectivity index (χ4v) is 7.79. The number of rotatable bonds is 5. The smallest absolute Gasteiger partial charge is 0.768 e. The molecule has 0 saturated carbocycles. The van der Waals surface area contributed by atoms with Gasteiger partial charge in [0, 0.05) is 91.5 Å².